The van der Waals surface area contributed by atoms with Crippen LogP contribution in [0.2, 0.25) is 0 Å². The van der Waals surface area contributed by atoms with E-state index in [0.29, 0.717) is 0 Å². The molecule has 1 aliphatic rings. The molecule has 0 bridgehead atoms. The highest BCUT2D eigenvalue weighted by Crippen LogP contribution is 2.44. The van der Waals surface area contributed by atoms with E-state index in [0.717, 1.165) is 11.1 Å². The van der Waals surface area contributed by atoms with Gasteiger partial charge in [-0.1, -0.05) is 38.1 Å². The van der Waals surface area contributed by atoms with E-state index >= 15 is 0 Å². The Bertz CT molecular complexity index is 541. The Hall–Kier alpha value is -1.16. The van der Waals surface area contributed by atoms with Crippen LogP contribution in [0.25, 0.3) is 6.08 Å². The molecule has 4 heteroatoms. The van der Waals surface area contributed by atoms with Crippen LogP contribution in [0.4, 0.5) is 3.89 Å². The SMILES string of the molecule is CC1(C)C(S(=O)(=O)F)=Cc2ccccc21. The smallest absolute Gasteiger partial charge is 0.190 e. The number of fused-ring (bicyclic) bond motifs is 1. The normalized spacial score (nSPS) is 18.5. The van der Waals surface area contributed by atoms with Crippen molar-refractivity contribution in [3.8, 4) is 0 Å². The van der Waals surface area contributed by atoms with Crippen LogP contribution in [0.15, 0.2) is 29.2 Å². The van der Waals surface area contributed by atoms with E-state index in [1.54, 1.807) is 26.0 Å². The molecule has 0 aliphatic heterocycles. The third-order valence-electron chi connectivity index (χ3n) is 2.80. The molecule has 0 spiro atoms. The van der Waals surface area contributed by atoms with Crippen LogP contribution in [0, 0.1) is 0 Å². The number of allylic oxidation sites excluding steroid dienone is 1. The van der Waals surface area contributed by atoms with Gasteiger partial charge < -0.3 is 0 Å². The van der Waals surface area contributed by atoms with E-state index < -0.39 is 15.6 Å². The highest BCUT2D eigenvalue weighted by Gasteiger charge is 2.39. The van der Waals surface area contributed by atoms with Gasteiger partial charge in [-0.05, 0) is 17.2 Å². The molecule has 2 rings (SSSR count). The van der Waals surface area contributed by atoms with Crippen molar-refractivity contribution in [2.45, 2.75) is 19.3 Å². The largest absolute Gasteiger partial charge is 0.329 e. The van der Waals surface area contributed by atoms with E-state index in [-0.39, 0.29) is 4.91 Å². The Balaban J connectivity index is 2.69. The summed E-state index contributed by atoms with van der Waals surface area (Å²) in [6.07, 6.45) is 1.41. The topological polar surface area (TPSA) is 34.1 Å². The van der Waals surface area contributed by atoms with Gasteiger partial charge in [0.25, 0.3) is 0 Å². The summed E-state index contributed by atoms with van der Waals surface area (Å²) in [4.78, 5) is -0.156. The summed E-state index contributed by atoms with van der Waals surface area (Å²) in [6.45, 7) is 3.42. The summed E-state index contributed by atoms with van der Waals surface area (Å²) < 4.78 is 35.0. The molecule has 0 atom stereocenters. The molecular weight excluding hydrogens is 215 g/mol. The predicted molar refractivity (Wildman–Crippen MR) is 57.5 cm³/mol. The molecule has 0 saturated carbocycles. The van der Waals surface area contributed by atoms with Crippen molar-refractivity contribution in [1.29, 1.82) is 0 Å². The molecule has 80 valence electrons. The molecular formula is C11H11FO2S. The molecule has 1 aliphatic carbocycles. The van der Waals surface area contributed by atoms with Gasteiger partial charge in [-0.3, -0.25) is 0 Å². The number of rotatable bonds is 1. The summed E-state index contributed by atoms with van der Waals surface area (Å²) in [6, 6.07) is 7.24. The average Bonchev–Trinajstić information content (AvgIpc) is 2.39. The maximum absolute atomic E-state index is 13.1. The van der Waals surface area contributed by atoms with Crippen molar-refractivity contribution in [2.24, 2.45) is 0 Å². The monoisotopic (exact) mass is 226 g/mol. The van der Waals surface area contributed by atoms with Crippen LogP contribution in [-0.2, 0) is 15.6 Å². The highest BCUT2D eigenvalue weighted by atomic mass is 32.3. The Kier molecular flexibility index (Phi) is 2.01. The lowest BCUT2D eigenvalue weighted by Crippen LogP contribution is -2.20. The molecule has 0 amide bonds. The van der Waals surface area contributed by atoms with Crippen molar-refractivity contribution in [2.75, 3.05) is 0 Å². The molecule has 0 aromatic heterocycles. The fourth-order valence-electron chi connectivity index (χ4n) is 2.02. The first-order chi connectivity index (χ1) is 6.83. The second kappa shape index (κ2) is 2.92. The Morgan fingerprint density at radius 1 is 1.20 bits per heavy atom. The second-order valence-corrected chi connectivity index (χ2v) is 5.47. The quantitative estimate of drug-likeness (QED) is 0.690. The minimum atomic E-state index is -4.62. The molecule has 15 heavy (non-hydrogen) atoms. The van der Waals surface area contributed by atoms with Crippen molar-refractivity contribution in [1.82, 2.24) is 0 Å². The lowest BCUT2D eigenvalue weighted by atomic mass is 9.87. The first-order valence-corrected chi connectivity index (χ1v) is 5.98. The van der Waals surface area contributed by atoms with Crippen molar-refractivity contribution < 1.29 is 12.3 Å². The van der Waals surface area contributed by atoms with Gasteiger partial charge in [-0.25, -0.2) is 0 Å². The Labute approximate surface area is 88.6 Å². The zero-order chi connectivity index (χ0) is 11.3. The van der Waals surface area contributed by atoms with Crippen LogP contribution in [0.5, 0.6) is 0 Å². The average molecular weight is 226 g/mol. The van der Waals surface area contributed by atoms with Crippen LogP contribution in [-0.4, -0.2) is 8.42 Å². The number of hydrogen-bond donors (Lipinski definition) is 0. The molecule has 0 fully saturated rings. The molecule has 1 aromatic carbocycles. The maximum atomic E-state index is 13.1. The molecule has 0 saturated heterocycles. The maximum Gasteiger partial charge on any atom is 0.329 e. The van der Waals surface area contributed by atoms with E-state index in [9.17, 15) is 12.3 Å². The van der Waals surface area contributed by atoms with Crippen molar-refractivity contribution in [3.05, 3.63) is 40.3 Å². The number of benzene rings is 1. The lowest BCUT2D eigenvalue weighted by Gasteiger charge is -2.21. The van der Waals surface area contributed by atoms with Gasteiger partial charge in [0.1, 0.15) is 0 Å². The molecule has 0 heterocycles. The zero-order valence-corrected chi connectivity index (χ0v) is 9.31. The summed E-state index contributed by atoms with van der Waals surface area (Å²) in [5.41, 5.74) is 0.851. The van der Waals surface area contributed by atoms with Crippen molar-refractivity contribution >= 4 is 16.3 Å². The third kappa shape index (κ3) is 1.49. The van der Waals surface area contributed by atoms with Gasteiger partial charge in [0.05, 0.1) is 4.91 Å². The zero-order valence-electron chi connectivity index (χ0n) is 8.49. The van der Waals surface area contributed by atoms with E-state index in [1.807, 2.05) is 12.1 Å². The highest BCUT2D eigenvalue weighted by molar-refractivity contribution is 7.90. The summed E-state index contributed by atoms with van der Waals surface area (Å²) in [5.74, 6) is 0. The lowest BCUT2D eigenvalue weighted by molar-refractivity contribution is 0.545. The standard InChI is InChI=1S/C11H11FO2S/c1-11(2)9-6-4-3-5-8(9)7-10(11)15(12,13)14/h3-7H,1-2H3. The first-order valence-electron chi connectivity index (χ1n) is 4.60. The summed E-state index contributed by atoms with van der Waals surface area (Å²) in [5, 5.41) is 0. The van der Waals surface area contributed by atoms with E-state index in [2.05, 4.69) is 0 Å². The first kappa shape index (κ1) is 10.4. The van der Waals surface area contributed by atoms with Gasteiger partial charge in [0.15, 0.2) is 0 Å². The minimum absolute atomic E-state index is 0.156. The fraction of sp³-hybridized carbons (Fsp3) is 0.273. The van der Waals surface area contributed by atoms with Gasteiger partial charge in [0, 0.05) is 5.41 Å². The van der Waals surface area contributed by atoms with Crippen LogP contribution >= 0.6 is 0 Å². The third-order valence-corrected chi connectivity index (χ3v) is 3.95. The number of hydrogen-bond acceptors (Lipinski definition) is 2. The molecule has 0 radical (unpaired) electrons. The van der Waals surface area contributed by atoms with Gasteiger partial charge in [-0.2, -0.15) is 8.42 Å². The summed E-state index contributed by atoms with van der Waals surface area (Å²) >= 11 is 0. The second-order valence-electron chi connectivity index (χ2n) is 4.16. The minimum Gasteiger partial charge on any atom is -0.190 e. The Morgan fingerprint density at radius 3 is 2.33 bits per heavy atom. The van der Waals surface area contributed by atoms with Crippen molar-refractivity contribution in [3.63, 3.8) is 0 Å². The Morgan fingerprint density at radius 2 is 1.80 bits per heavy atom. The van der Waals surface area contributed by atoms with E-state index in [1.165, 1.54) is 6.08 Å². The van der Waals surface area contributed by atoms with Gasteiger partial charge >= 0.3 is 10.2 Å². The van der Waals surface area contributed by atoms with Crippen LogP contribution < -0.4 is 0 Å². The van der Waals surface area contributed by atoms with Gasteiger partial charge in [-0.15, -0.1) is 3.89 Å². The molecule has 1 aromatic rings. The molecule has 2 nitrogen and oxygen atoms in total. The molecule has 0 N–H and O–H groups in total. The predicted octanol–water partition coefficient (Wildman–Crippen LogP) is 2.62. The van der Waals surface area contributed by atoms with Crippen LogP contribution in [0.1, 0.15) is 25.0 Å². The molecule has 0 unspecified atom stereocenters. The fourth-order valence-corrected chi connectivity index (χ4v) is 3.01. The van der Waals surface area contributed by atoms with Gasteiger partial charge in [0.2, 0.25) is 0 Å². The van der Waals surface area contributed by atoms with E-state index in [4.69, 9.17) is 0 Å². The number of halogens is 1. The van der Waals surface area contributed by atoms with Crippen LogP contribution in [0.3, 0.4) is 0 Å². The summed E-state index contributed by atoms with van der Waals surface area (Å²) in [7, 11) is -4.62.